The maximum Gasteiger partial charge on any atom is 0.164 e. The van der Waals surface area contributed by atoms with Gasteiger partial charge in [-0.3, -0.25) is 4.79 Å². The van der Waals surface area contributed by atoms with Crippen LogP contribution in [0, 0.1) is 0 Å². The molecule has 0 saturated carbocycles. The number of benzene rings is 3. The van der Waals surface area contributed by atoms with E-state index < -0.39 is 0 Å². The normalized spacial score (nSPS) is 19.8. The van der Waals surface area contributed by atoms with Crippen LogP contribution in [0.4, 0.5) is 0 Å². The molecule has 0 spiro atoms. The monoisotopic (exact) mass is 332 g/mol. The summed E-state index contributed by atoms with van der Waals surface area (Å²) in [5.74, 6) is 0.204. The molecule has 0 aliphatic heterocycles. The van der Waals surface area contributed by atoms with Gasteiger partial charge in [-0.1, -0.05) is 78.3 Å². The largest absolute Gasteiger partial charge is 0.294 e. The van der Waals surface area contributed by atoms with Crippen molar-refractivity contribution in [1.29, 1.82) is 0 Å². The molecule has 2 heteroatoms. The van der Waals surface area contributed by atoms with Gasteiger partial charge in [-0.05, 0) is 35.2 Å². The fraction of sp³-hybridized carbons (Fsp3) is 0.136. The molecule has 0 aromatic heterocycles. The predicted octanol–water partition coefficient (Wildman–Crippen LogP) is 5.46. The molecular formula is C22H17ClO. The van der Waals surface area contributed by atoms with Crippen molar-refractivity contribution in [1.82, 2.24) is 0 Å². The molecule has 24 heavy (non-hydrogen) atoms. The number of hydrogen-bond acceptors (Lipinski definition) is 1. The number of carbonyl (C=O) groups is 1. The Bertz CT molecular complexity index is 883. The molecule has 1 nitrogen and oxygen atoms in total. The molecule has 0 heterocycles. The van der Waals surface area contributed by atoms with Crippen molar-refractivity contribution in [2.75, 3.05) is 0 Å². The summed E-state index contributed by atoms with van der Waals surface area (Å²) < 4.78 is 0. The van der Waals surface area contributed by atoms with Gasteiger partial charge >= 0.3 is 0 Å². The van der Waals surface area contributed by atoms with Crippen molar-refractivity contribution in [2.45, 2.75) is 18.3 Å². The van der Waals surface area contributed by atoms with Gasteiger partial charge in [0.25, 0.3) is 0 Å². The Hall–Kier alpha value is -2.38. The predicted molar refractivity (Wildman–Crippen MR) is 97.8 cm³/mol. The first kappa shape index (κ1) is 15.2. The van der Waals surface area contributed by atoms with E-state index in [0.29, 0.717) is 11.4 Å². The van der Waals surface area contributed by atoms with E-state index in [-0.39, 0.29) is 11.2 Å². The molecule has 3 aromatic carbocycles. The van der Waals surface area contributed by atoms with Crippen LogP contribution in [-0.4, -0.2) is 5.78 Å². The lowest BCUT2D eigenvalue weighted by atomic mass is 9.63. The quantitative estimate of drug-likeness (QED) is 0.609. The molecule has 1 aliphatic rings. The van der Waals surface area contributed by atoms with Gasteiger partial charge in [0.2, 0.25) is 0 Å². The second-order valence-electron chi connectivity index (χ2n) is 6.39. The van der Waals surface area contributed by atoms with Crippen molar-refractivity contribution in [3.05, 3.63) is 106 Å². The van der Waals surface area contributed by atoms with Crippen LogP contribution in [0.1, 0.15) is 33.5 Å². The smallest absolute Gasteiger partial charge is 0.164 e. The first-order valence-corrected chi connectivity index (χ1v) is 8.49. The van der Waals surface area contributed by atoms with E-state index in [0.717, 1.165) is 23.1 Å². The van der Waals surface area contributed by atoms with Crippen molar-refractivity contribution < 1.29 is 4.79 Å². The topological polar surface area (TPSA) is 17.1 Å². The number of carbonyl (C=O) groups excluding carboxylic acids is 1. The number of hydrogen-bond donors (Lipinski definition) is 0. The average Bonchev–Trinajstić information content (AvgIpc) is 2.63. The second kappa shape index (κ2) is 5.92. The van der Waals surface area contributed by atoms with Crippen LogP contribution in [0.5, 0.6) is 0 Å². The van der Waals surface area contributed by atoms with Crippen LogP contribution in [0.3, 0.4) is 0 Å². The third kappa shape index (κ3) is 2.46. The Kier molecular flexibility index (Phi) is 3.74. The van der Waals surface area contributed by atoms with Gasteiger partial charge < -0.3 is 0 Å². The summed E-state index contributed by atoms with van der Waals surface area (Å²) in [5.41, 5.74) is 3.96. The van der Waals surface area contributed by atoms with E-state index in [1.807, 2.05) is 48.5 Å². The Labute approximate surface area is 146 Å². The zero-order valence-corrected chi connectivity index (χ0v) is 14.0. The summed E-state index contributed by atoms with van der Waals surface area (Å²) in [6.07, 6.45) is 1.30. The summed E-state index contributed by atoms with van der Waals surface area (Å²) in [5, 5.41) is 0.712. The van der Waals surface area contributed by atoms with Crippen LogP contribution in [-0.2, 0) is 11.8 Å². The van der Waals surface area contributed by atoms with E-state index >= 15 is 0 Å². The van der Waals surface area contributed by atoms with E-state index in [9.17, 15) is 4.79 Å². The van der Waals surface area contributed by atoms with Crippen molar-refractivity contribution >= 4 is 17.4 Å². The number of rotatable bonds is 2. The van der Waals surface area contributed by atoms with Gasteiger partial charge in [-0.15, -0.1) is 0 Å². The van der Waals surface area contributed by atoms with Gasteiger partial charge in [0.1, 0.15) is 0 Å². The highest BCUT2D eigenvalue weighted by Crippen LogP contribution is 2.43. The van der Waals surface area contributed by atoms with E-state index in [1.165, 1.54) is 5.56 Å². The van der Waals surface area contributed by atoms with Crippen LogP contribution < -0.4 is 0 Å². The molecule has 1 unspecified atom stereocenters. The summed E-state index contributed by atoms with van der Waals surface area (Å²) in [4.78, 5) is 12.9. The van der Waals surface area contributed by atoms with Crippen LogP contribution in [0.25, 0.3) is 0 Å². The fourth-order valence-electron chi connectivity index (χ4n) is 3.80. The van der Waals surface area contributed by atoms with E-state index in [2.05, 4.69) is 30.3 Å². The van der Waals surface area contributed by atoms with Crippen LogP contribution in [0.15, 0.2) is 78.9 Å². The Morgan fingerprint density at radius 1 is 0.708 bits per heavy atom. The number of ketones is 1. The highest BCUT2D eigenvalue weighted by Gasteiger charge is 2.41. The molecule has 1 aliphatic carbocycles. The minimum atomic E-state index is -0.336. The standard InChI is InChI=1S/C22H17ClO/c23-19-12-10-18(11-13-19)22(17-7-2-1-3-8-17)14-16-6-4-5-9-20(16)21(24)15-22/h1-13H,14-15H2. The first-order chi connectivity index (χ1) is 11.7. The molecular weight excluding hydrogens is 316 g/mol. The SMILES string of the molecule is O=C1CC(c2ccccc2)(c2ccc(Cl)cc2)Cc2ccccc21. The first-order valence-electron chi connectivity index (χ1n) is 8.12. The van der Waals surface area contributed by atoms with Crippen molar-refractivity contribution in [2.24, 2.45) is 0 Å². The third-order valence-electron chi connectivity index (χ3n) is 5.00. The number of Topliss-reactive ketones (excluding diaryl/α,β-unsaturated/α-hetero) is 1. The van der Waals surface area contributed by atoms with Crippen LogP contribution >= 0.6 is 11.6 Å². The molecule has 0 bridgehead atoms. The zero-order chi connectivity index (χ0) is 16.6. The Balaban J connectivity index is 1.93. The van der Waals surface area contributed by atoms with Crippen molar-refractivity contribution in [3.63, 3.8) is 0 Å². The maximum atomic E-state index is 12.9. The molecule has 118 valence electrons. The number of halogens is 1. The second-order valence-corrected chi connectivity index (χ2v) is 6.83. The Morgan fingerprint density at radius 3 is 2.08 bits per heavy atom. The summed E-state index contributed by atoms with van der Waals surface area (Å²) >= 11 is 6.08. The van der Waals surface area contributed by atoms with Gasteiger partial charge in [-0.2, -0.15) is 0 Å². The van der Waals surface area contributed by atoms with Gasteiger partial charge in [0.05, 0.1) is 0 Å². The van der Waals surface area contributed by atoms with Gasteiger partial charge in [-0.25, -0.2) is 0 Å². The summed E-state index contributed by atoms with van der Waals surface area (Å²) in [6, 6.07) is 26.2. The fourth-order valence-corrected chi connectivity index (χ4v) is 3.93. The highest BCUT2D eigenvalue weighted by atomic mass is 35.5. The highest BCUT2D eigenvalue weighted by molar-refractivity contribution is 6.30. The molecule has 1 atom stereocenters. The molecule has 0 N–H and O–H groups in total. The molecule has 4 rings (SSSR count). The van der Waals surface area contributed by atoms with Gasteiger partial charge in [0.15, 0.2) is 5.78 Å². The molecule has 0 fully saturated rings. The van der Waals surface area contributed by atoms with E-state index in [1.54, 1.807) is 0 Å². The lowest BCUT2D eigenvalue weighted by molar-refractivity contribution is 0.0945. The Morgan fingerprint density at radius 2 is 1.33 bits per heavy atom. The van der Waals surface area contributed by atoms with Crippen molar-refractivity contribution in [3.8, 4) is 0 Å². The minimum absolute atomic E-state index is 0.204. The molecule has 0 saturated heterocycles. The number of fused-ring (bicyclic) bond motifs is 1. The average molecular weight is 333 g/mol. The third-order valence-corrected chi connectivity index (χ3v) is 5.25. The minimum Gasteiger partial charge on any atom is -0.294 e. The molecule has 3 aromatic rings. The summed E-state index contributed by atoms with van der Waals surface area (Å²) in [6.45, 7) is 0. The maximum absolute atomic E-state index is 12.9. The molecule has 0 amide bonds. The molecule has 0 radical (unpaired) electrons. The van der Waals surface area contributed by atoms with E-state index in [4.69, 9.17) is 11.6 Å². The summed E-state index contributed by atoms with van der Waals surface area (Å²) in [7, 11) is 0. The van der Waals surface area contributed by atoms with Crippen LogP contribution in [0.2, 0.25) is 5.02 Å². The van der Waals surface area contributed by atoms with Gasteiger partial charge in [0, 0.05) is 22.4 Å². The lowest BCUT2D eigenvalue weighted by Crippen LogP contribution is -2.37. The lowest BCUT2D eigenvalue weighted by Gasteiger charge is -2.38. The zero-order valence-electron chi connectivity index (χ0n) is 13.2.